The Kier molecular flexibility index (Phi) is 33.7. The molecule has 0 aromatic rings. The zero-order valence-corrected chi connectivity index (χ0v) is 35.8. The number of nitrogens with zero attached hydrogens (tertiary/aromatic N) is 1. The summed E-state index contributed by atoms with van der Waals surface area (Å²) in [5.74, 6) is -0.828. The summed E-state index contributed by atoms with van der Waals surface area (Å²) < 4.78 is 34.1. The maximum Gasteiger partial charge on any atom is 0.472 e. The first-order valence-electron chi connectivity index (χ1n) is 20.6. The molecule has 1 unspecified atom stereocenters. The maximum atomic E-state index is 12.6. The first-order chi connectivity index (χ1) is 26.4. The van der Waals surface area contributed by atoms with Crippen molar-refractivity contribution < 1.29 is 46.8 Å². The van der Waals surface area contributed by atoms with E-state index in [1.807, 2.05) is 33.3 Å². The highest BCUT2D eigenvalue weighted by atomic mass is 31.2. The predicted molar refractivity (Wildman–Crippen MR) is 224 cm³/mol. The Balaban J connectivity index is 4.57. The fraction of sp³-hybridized carbons (Fsp3) is 0.659. The minimum atomic E-state index is -4.41. The molecule has 0 aliphatic heterocycles. The first kappa shape index (κ1) is 52.1. The van der Waals surface area contributed by atoms with Crippen LogP contribution in [0.5, 0.6) is 0 Å². The highest BCUT2D eigenvalue weighted by Crippen LogP contribution is 2.43. The van der Waals surface area contributed by atoms with Crippen molar-refractivity contribution >= 4 is 25.5 Å². The number of esters is 2. The van der Waals surface area contributed by atoms with E-state index in [2.05, 4.69) is 68.5 Å². The summed E-state index contributed by atoms with van der Waals surface area (Å²) in [6.07, 6.45) is 39.2. The smallest absolute Gasteiger partial charge is 0.462 e. The zero-order chi connectivity index (χ0) is 40.9. The molecule has 0 aliphatic rings. The minimum Gasteiger partial charge on any atom is -0.462 e. The average Bonchev–Trinajstić information content (AvgIpc) is 3.12. The van der Waals surface area contributed by atoms with Gasteiger partial charge in [0.15, 0.2) is 11.9 Å². The molecule has 1 N–H and O–H groups in total. The van der Waals surface area contributed by atoms with Crippen molar-refractivity contribution in [3.05, 3.63) is 72.9 Å². The van der Waals surface area contributed by atoms with E-state index in [1.54, 1.807) is 6.08 Å². The lowest BCUT2D eigenvalue weighted by atomic mass is 10.1. The fourth-order valence-electron chi connectivity index (χ4n) is 4.92. The van der Waals surface area contributed by atoms with Gasteiger partial charge in [-0.15, -0.1) is 0 Å². The zero-order valence-electron chi connectivity index (χ0n) is 34.9. The Hall–Kier alpha value is -2.88. The van der Waals surface area contributed by atoms with E-state index in [-0.39, 0.29) is 31.8 Å². The number of carbonyl (C=O) groups excluding carboxylic acids is 3. The van der Waals surface area contributed by atoms with E-state index in [0.29, 0.717) is 30.3 Å². The number of rotatable bonds is 36. The van der Waals surface area contributed by atoms with Crippen LogP contribution in [-0.4, -0.2) is 80.7 Å². The number of unbranched alkanes of at least 4 members (excludes halogenated alkanes) is 9. The molecule has 55 heavy (non-hydrogen) atoms. The number of likely N-dealkylation sites (N-methyl/N-ethyl adjacent to an activating group) is 1. The van der Waals surface area contributed by atoms with Crippen molar-refractivity contribution in [1.82, 2.24) is 0 Å². The largest absolute Gasteiger partial charge is 0.472 e. The van der Waals surface area contributed by atoms with Gasteiger partial charge in [0.25, 0.3) is 0 Å². The number of ketones is 1. The number of carbonyl (C=O) groups is 3. The molecule has 0 aromatic heterocycles. The van der Waals surface area contributed by atoms with Gasteiger partial charge in [0.2, 0.25) is 0 Å². The SMILES string of the molecule is CC/C=C\C/C=C\C/C=C\C/C=C\CCCCC(=O)O[C@H](COC(=O)CCCCCCCC(=O)/C=C/C=C\CCCCC)COP(=O)(O)OCC[N+](C)(C)C. The van der Waals surface area contributed by atoms with Gasteiger partial charge < -0.3 is 18.9 Å². The molecule has 2 atom stereocenters. The topological polar surface area (TPSA) is 125 Å². The van der Waals surface area contributed by atoms with Gasteiger partial charge in [-0.05, 0) is 76.7 Å². The second-order valence-corrected chi connectivity index (χ2v) is 16.1. The van der Waals surface area contributed by atoms with E-state index in [9.17, 15) is 23.8 Å². The average molecular weight is 793 g/mol. The highest BCUT2D eigenvalue weighted by Gasteiger charge is 2.27. The van der Waals surface area contributed by atoms with Gasteiger partial charge >= 0.3 is 19.8 Å². The van der Waals surface area contributed by atoms with Crippen LogP contribution < -0.4 is 0 Å². The second-order valence-electron chi connectivity index (χ2n) is 14.7. The van der Waals surface area contributed by atoms with Gasteiger partial charge in [0, 0.05) is 19.3 Å². The van der Waals surface area contributed by atoms with E-state index < -0.39 is 32.5 Å². The standard InChI is InChI=1S/C44H74NO9P/c1-6-8-10-12-14-15-16-17-18-19-20-21-23-27-32-36-44(48)54-42(40-53-55(49,50)52-38-37-45(3,4)5)39-51-43(47)35-31-28-24-26-30-34-41(46)33-29-25-22-13-11-9-7-2/h8,10,14-15,17-18,20-22,25,29,33,42H,6-7,9,11-13,16,19,23-24,26-28,30-32,34-40H2,1-5H3/p+1/b10-8-,15-14-,18-17-,21-20-,25-22-,33-29+/t42-/m1/s1. The molecule has 0 fully saturated rings. The molecular weight excluding hydrogens is 717 g/mol. The van der Waals surface area contributed by atoms with Gasteiger partial charge in [-0.2, -0.15) is 0 Å². The molecule has 314 valence electrons. The second kappa shape index (κ2) is 35.5. The van der Waals surface area contributed by atoms with Gasteiger partial charge in [-0.25, -0.2) is 4.57 Å². The number of phosphoric ester groups is 1. The van der Waals surface area contributed by atoms with Crippen molar-refractivity contribution in [2.24, 2.45) is 0 Å². The Morgan fingerprint density at radius 3 is 1.85 bits per heavy atom. The van der Waals surface area contributed by atoms with E-state index in [1.165, 1.54) is 19.3 Å². The summed E-state index contributed by atoms with van der Waals surface area (Å²) in [7, 11) is 1.37. The molecule has 0 radical (unpaired) electrons. The van der Waals surface area contributed by atoms with Crippen molar-refractivity contribution in [1.29, 1.82) is 0 Å². The van der Waals surface area contributed by atoms with Crippen LogP contribution >= 0.6 is 7.82 Å². The molecule has 0 aliphatic carbocycles. The quantitative estimate of drug-likeness (QED) is 0.0125. The summed E-state index contributed by atoms with van der Waals surface area (Å²) in [6.45, 7) is 4.04. The van der Waals surface area contributed by atoms with Gasteiger partial charge in [-0.3, -0.25) is 23.4 Å². The summed E-state index contributed by atoms with van der Waals surface area (Å²) >= 11 is 0. The Bertz CT molecular complexity index is 1230. The summed E-state index contributed by atoms with van der Waals surface area (Å²) in [5, 5.41) is 0. The van der Waals surface area contributed by atoms with Crippen LogP contribution in [0.4, 0.5) is 0 Å². The van der Waals surface area contributed by atoms with E-state index in [0.717, 1.165) is 70.6 Å². The molecule has 0 spiro atoms. The molecule has 0 saturated carbocycles. The Morgan fingerprint density at radius 1 is 0.636 bits per heavy atom. The number of allylic oxidation sites excluding steroid dienone is 12. The lowest BCUT2D eigenvalue weighted by molar-refractivity contribution is -0.870. The summed E-state index contributed by atoms with van der Waals surface area (Å²) in [5.41, 5.74) is 0. The number of hydrogen-bond acceptors (Lipinski definition) is 8. The van der Waals surface area contributed by atoms with E-state index in [4.69, 9.17) is 18.5 Å². The van der Waals surface area contributed by atoms with Crippen molar-refractivity contribution in [2.45, 2.75) is 142 Å². The highest BCUT2D eigenvalue weighted by molar-refractivity contribution is 7.47. The molecule has 0 rings (SSSR count). The third-order valence-electron chi connectivity index (χ3n) is 8.20. The number of quaternary nitrogens is 1. The molecule has 0 saturated heterocycles. The molecule has 0 bridgehead atoms. The van der Waals surface area contributed by atoms with Gasteiger partial charge in [0.05, 0.1) is 27.7 Å². The third-order valence-corrected chi connectivity index (χ3v) is 9.18. The normalized spacial score (nSPS) is 14.3. The number of ether oxygens (including phenoxy) is 2. The Labute approximate surface area is 334 Å². The molecule has 0 aromatic carbocycles. The maximum absolute atomic E-state index is 12.6. The van der Waals surface area contributed by atoms with Crippen LogP contribution in [0.15, 0.2) is 72.9 Å². The van der Waals surface area contributed by atoms with Crippen LogP contribution in [0.3, 0.4) is 0 Å². The number of phosphoric acid groups is 1. The van der Waals surface area contributed by atoms with Gasteiger partial charge in [0.1, 0.15) is 19.8 Å². The van der Waals surface area contributed by atoms with Crippen LogP contribution in [-0.2, 0) is 37.5 Å². The van der Waals surface area contributed by atoms with E-state index >= 15 is 0 Å². The lowest BCUT2D eigenvalue weighted by Crippen LogP contribution is -2.37. The van der Waals surface area contributed by atoms with Crippen LogP contribution in [0, 0.1) is 0 Å². The van der Waals surface area contributed by atoms with Crippen LogP contribution in [0.25, 0.3) is 0 Å². The van der Waals surface area contributed by atoms with Gasteiger partial charge in [-0.1, -0.05) is 113 Å². The molecule has 0 amide bonds. The molecular formula is C44H75NO9P+. The first-order valence-corrected chi connectivity index (χ1v) is 22.1. The minimum absolute atomic E-state index is 0.000201. The number of hydrogen-bond donors (Lipinski definition) is 1. The van der Waals surface area contributed by atoms with Crippen molar-refractivity contribution in [3.63, 3.8) is 0 Å². The van der Waals surface area contributed by atoms with Crippen LogP contribution in [0.1, 0.15) is 136 Å². The third kappa shape index (κ3) is 39.2. The summed E-state index contributed by atoms with van der Waals surface area (Å²) in [4.78, 5) is 47.3. The molecule has 0 heterocycles. The van der Waals surface area contributed by atoms with Crippen LogP contribution in [0.2, 0.25) is 0 Å². The Morgan fingerprint density at radius 2 is 1.20 bits per heavy atom. The van der Waals surface area contributed by atoms with Crippen molar-refractivity contribution in [3.8, 4) is 0 Å². The monoisotopic (exact) mass is 793 g/mol. The summed E-state index contributed by atoms with van der Waals surface area (Å²) in [6, 6.07) is 0. The molecule has 11 heteroatoms. The predicted octanol–water partition coefficient (Wildman–Crippen LogP) is 10.6. The lowest BCUT2D eigenvalue weighted by Gasteiger charge is -2.24. The fourth-order valence-corrected chi connectivity index (χ4v) is 5.67. The molecule has 10 nitrogen and oxygen atoms in total. The van der Waals surface area contributed by atoms with Crippen molar-refractivity contribution in [2.75, 3.05) is 47.5 Å².